The third-order valence-electron chi connectivity index (χ3n) is 4.74. The van der Waals surface area contributed by atoms with E-state index < -0.39 is 5.91 Å². The number of hydrogen-bond donors (Lipinski definition) is 2. The molecule has 0 spiro atoms. The fourth-order valence-electron chi connectivity index (χ4n) is 3.08. The number of halogens is 1. The highest BCUT2D eigenvalue weighted by Gasteiger charge is 2.20. The van der Waals surface area contributed by atoms with Crippen LogP contribution in [0.2, 0.25) is 0 Å². The number of nitrogens with two attached hydrogens (primary N) is 1. The summed E-state index contributed by atoms with van der Waals surface area (Å²) in [6, 6.07) is 11.3. The lowest BCUT2D eigenvalue weighted by molar-refractivity contribution is 0.0949. The van der Waals surface area contributed by atoms with E-state index in [2.05, 4.69) is 35.8 Å². The molecule has 0 radical (unpaired) electrons. The summed E-state index contributed by atoms with van der Waals surface area (Å²) < 4.78 is 30.6. The van der Waals surface area contributed by atoms with Crippen LogP contribution in [0.4, 0.5) is 10.2 Å². The summed E-state index contributed by atoms with van der Waals surface area (Å²) >= 11 is 0. The Labute approximate surface area is 198 Å². The zero-order valence-electron chi connectivity index (χ0n) is 18.8. The van der Waals surface area contributed by atoms with Crippen LogP contribution >= 0.6 is 0 Å². The Hall–Kier alpha value is -4.81. The zero-order valence-corrected chi connectivity index (χ0v) is 18.8. The van der Waals surface area contributed by atoms with Gasteiger partial charge in [-0.15, -0.1) is 5.10 Å². The molecular formula is C22H21FN8O4. The smallest absolute Gasteiger partial charge is 0.293 e. The number of hydrazone groups is 1. The summed E-state index contributed by atoms with van der Waals surface area (Å²) in [5, 5.41) is 18.8. The van der Waals surface area contributed by atoms with Gasteiger partial charge in [0.2, 0.25) is 11.6 Å². The lowest BCUT2D eigenvalue weighted by Crippen LogP contribution is -2.19. The molecule has 4 aromatic rings. The number of ether oxygens (including phenoxy) is 2. The highest BCUT2D eigenvalue weighted by atomic mass is 19.1. The van der Waals surface area contributed by atoms with Crippen LogP contribution in [0.3, 0.4) is 0 Å². The van der Waals surface area contributed by atoms with Gasteiger partial charge in [0.1, 0.15) is 12.4 Å². The minimum atomic E-state index is -0.583. The number of nitrogen functional groups attached to an aromatic ring is 1. The summed E-state index contributed by atoms with van der Waals surface area (Å²) in [4.78, 5) is 12.5. The molecule has 0 aliphatic rings. The van der Waals surface area contributed by atoms with Crippen molar-refractivity contribution in [1.82, 2.24) is 30.7 Å². The van der Waals surface area contributed by atoms with Crippen molar-refractivity contribution in [2.45, 2.75) is 20.5 Å². The molecule has 2 heterocycles. The molecule has 0 fully saturated rings. The van der Waals surface area contributed by atoms with E-state index in [1.54, 1.807) is 37.3 Å². The van der Waals surface area contributed by atoms with Crippen LogP contribution in [0, 0.1) is 12.7 Å². The van der Waals surface area contributed by atoms with Crippen LogP contribution in [0.1, 0.15) is 34.2 Å². The molecule has 0 saturated heterocycles. The molecule has 2 aromatic carbocycles. The molecule has 180 valence electrons. The summed E-state index contributed by atoms with van der Waals surface area (Å²) in [5.41, 5.74) is 9.79. The number of nitrogens with zero attached hydrogens (tertiary/aromatic N) is 6. The first-order valence-corrected chi connectivity index (χ1v) is 10.4. The maximum absolute atomic E-state index is 13.4. The summed E-state index contributed by atoms with van der Waals surface area (Å²) in [6.07, 6.45) is 1.44. The Morgan fingerprint density at radius 3 is 2.83 bits per heavy atom. The van der Waals surface area contributed by atoms with E-state index in [4.69, 9.17) is 15.2 Å². The Kier molecular flexibility index (Phi) is 6.95. The third kappa shape index (κ3) is 5.40. The number of anilines is 1. The normalized spacial score (nSPS) is 11.1. The number of aromatic nitrogens is 5. The molecular weight excluding hydrogens is 459 g/mol. The Balaban J connectivity index is 1.42. The minimum absolute atomic E-state index is 0.0106. The number of benzene rings is 2. The van der Waals surface area contributed by atoms with E-state index in [9.17, 15) is 9.18 Å². The second-order valence-corrected chi connectivity index (χ2v) is 7.17. The summed E-state index contributed by atoms with van der Waals surface area (Å²) in [6.45, 7) is 4.05. The van der Waals surface area contributed by atoms with E-state index in [0.29, 0.717) is 34.9 Å². The zero-order chi connectivity index (χ0) is 24.8. The Morgan fingerprint density at radius 1 is 1.23 bits per heavy atom. The fraction of sp³-hybridized carbons (Fsp3) is 0.182. The third-order valence-corrected chi connectivity index (χ3v) is 4.74. The molecule has 13 heteroatoms. The molecule has 12 nitrogen and oxygen atoms in total. The average molecular weight is 480 g/mol. The van der Waals surface area contributed by atoms with E-state index in [0.717, 1.165) is 0 Å². The van der Waals surface area contributed by atoms with Crippen molar-refractivity contribution >= 4 is 17.9 Å². The molecule has 0 bridgehead atoms. The van der Waals surface area contributed by atoms with Gasteiger partial charge in [-0.05, 0) is 65.6 Å². The molecule has 1 amide bonds. The molecule has 3 N–H and O–H groups in total. The van der Waals surface area contributed by atoms with E-state index in [-0.39, 0.29) is 29.8 Å². The lowest BCUT2D eigenvalue weighted by atomic mass is 10.2. The van der Waals surface area contributed by atoms with Crippen molar-refractivity contribution < 1.29 is 23.3 Å². The average Bonchev–Trinajstić information content (AvgIpc) is 3.43. The van der Waals surface area contributed by atoms with Crippen LogP contribution < -0.4 is 20.6 Å². The topological polar surface area (TPSA) is 156 Å². The minimum Gasteiger partial charge on any atom is -0.490 e. The first-order valence-electron chi connectivity index (χ1n) is 10.4. The van der Waals surface area contributed by atoms with E-state index in [1.807, 2.05) is 6.92 Å². The first kappa shape index (κ1) is 23.4. The highest BCUT2D eigenvalue weighted by molar-refractivity contribution is 5.94. The highest BCUT2D eigenvalue weighted by Crippen LogP contribution is 2.29. The van der Waals surface area contributed by atoms with Gasteiger partial charge >= 0.3 is 0 Å². The van der Waals surface area contributed by atoms with Gasteiger partial charge in [0.25, 0.3) is 5.91 Å². The predicted molar refractivity (Wildman–Crippen MR) is 122 cm³/mol. The number of rotatable bonds is 9. The Morgan fingerprint density at radius 2 is 2.09 bits per heavy atom. The largest absolute Gasteiger partial charge is 0.490 e. The van der Waals surface area contributed by atoms with Gasteiger partial charge < -0.3 is 15.2 Å². The second-order valence-electron chi connectivity index (χ2n) is 7.17. The number of amides is 1. The Bertz CT molecular complexity index is 1370. The van der Waals surface area contributed by atoms with Gasteiger partial charge in [-0.3, -0.25) is 4.79 Å². The molecule has 0 atom stereocenters. The van der Waals surface area contributed by atoms with E-state index >= 15 is 0 Å². The number of hydrogen-bond acceptors (Lipinski definition) is 10. The van der Waals surface area contributed by atoms with Gasteiger partial charge in [0.15, 0.2) is 17.2 Å². The number of nitrogens with one attached hydrogen (secondary N) is 1. The van der Waals surface area contributed by atoms with Crippen molar-refractivity contribution in [3.05, 3.63) is 70.8 Å². The van der Waals surface area contributed by atoms with Gasteiger partial charge in [0, 0.05) is 0 Å². The monoisotopic (exact) mass is 480 g/mol. The van der Waals surface area contributed by atoms with Crippen LogP contribution in [0.5, 0.6) is 11.5 Å². The van der Waals surface area contributed by atoms with Crippen molar-refractivity contribution in [1.29, 1.82) is 0 Å². The first-order chi connectivity index (χ1) is 17.0. The van der Waals surface area contributed by atoms with Gasteiger partial charge in [0.05, 0.1) is 18.5 Å². The lowest BCUT2D eigenvalue weighted by Gasteiger charge is -2.12. The summed E-state index contributed by atoms with van der Waals surface area (Å²) in [5.74, 6) is 0.196. The fourth-order valence-corrected chi connectivity index (χ4v) is 3.08. The van der Waals surface area contributed by atoms with Crippen LogP contribution in [0.25, 0.3) is 5.82 Å². The van der Waals surface area contributed by atoms with E-state index in [1.165, 1.54) is 23.0 Å². The van der Waals surface area contributed by atoms with Crippen molar-refractivity contribution in [2.75, 3.05) is 12.3 Å². The molecule has 0 unspecified atom stereocenters. The van der Waals surface area contributed by atoms with Crippen LogP contribution in [-0.4, -0.2) is 44.0 Å². The number of carbonyl (C=O) groups excluding carboxylic acids is 1. The molecule has 35 heavy (non-hydrogen) atoms. The van der Waals surface area contributed by atoms with Crippen LogP contribution in [-0.2, 0) is 6.61 Å². The second kappa shape index (κ2) is 10.4. The van der Waals surface area contributed by atoms with Crippen LogP contribution in [0.15, 0.2) is 52.2 Å². The predicted octanol–water partition coefficient (Wildman–Crippen LogP) is 2.42. The van der Waals surface area contributed by atoms with Crippen molar-refractivity contribution in [3.63, 3.8) is 0 Å². The maximum Gasteiger partial charge on any atom is 0.293 e. The molecule has 0 saturated carbocycles. The molecule has 0 aliphatic heterocycles. The number of carbonyl (C=O) groups is 1. The molecule has 4 rings (SSSR count). The van der Waals surface area contributed by atoms with Gasteiger partial charge in [-0.25, -0.2) is 14.4 Å². The summed E-state index contributed by atoms with van der Waals surface area (Å²) in [7, 11) is 0. The maximum atomic E-state index is 13.4. The van der Waals surface area contributed by atoms with Crippen molar-refractivity contribution in [3.8, 4) is 17.3 Å². The van der Waals surface area contributed by atoms with Gasteiger partial charge in [-0.2, -0.15) is 9.78 Å². The standard InChI is InChI=1S/C22H21FN8O4/c1-3-33-18-10-14(7-8-17(18)34-12-15-5-4-6-16(23)9-15)11-25-27-22(32)19-13(2)31(30-26-19)21-20(24)28-35-29-21/h4-11H,3,12H2,1-2H3,(H2,24,28)(H,27,32)/b25-11+. The van der Waals surface area contributed by atoms with Crippen molar-refractivity contribution in [2.24, 2.45) is 5.10 Å². The van der Waals surface area contributed by atoms with Gasteiger partial charge in [-0.1, -0.05) is 17.3 Å². The SMILES string of the molecule is CCOc1cc(/C=N/NC(=O)c2nnn(-c3nonc3N)c2C)ccc1OCc1cccc(F)c1. The molecule has 2 aromatic heterocycles. The molecule has 0 aliphatic carbocycles. The quantitative estimate of drug-likeness (QED) is 0.271.